The number of carbonyl (C=O) groups is 2. The van der Waals surface area contributed by atoms with Gasteiger partial charge in [0, 0.05) is 6.54 Å². The van der Waals surface area contributed by atoms with E-state index in [0.717, 1.165) is 6.42 Å². The van der Waals surface area contributed by atoms with Crippen molar-refractivity contribution in [1.29, 1.82) is 0 Å². The van der Waals surface area contributed by atoms with Crippen molar-refractivity contribution in [2.75, 3.05) is 12.3 Å². The number of amides is 1. The second-order valence-electron chi connectivity index (χ2n) is 5.29. The predicted molar refractivity (Wildman–Crippen MR) is 80.4 cm³/mol. The predicted octanol–water partition coefficient (Wildman–Crippen LogP) is 1.90. The molecule has 21 heavy (non-hydrogen) atoms. The van der Waals surface area contributed by atoms with Gasteiger partial charge in [0.15, 0.2) is 6.10 Å². The smallest absolute Gasteiger partial charge is 0.335 e. The first-order valence-electron chi connectivity index (χ1n) is 6.88. The average molecular weight is 294 g/mol. The summed E-state index contributed by atoms with van der Waals surface area (Å²) in [6.07, 6.45) is 0.137. The fraction of sp³-hybridized carbons (Fsp3) is 0.467. The first kappa shape index (κ1) is 16.8. The zero-order valence-corrected chi connectivity index (χ0v) is 12.6. The lowest BCUT2D eigenvalue weighted by molar-refractivity contribution is -0.127. The van der Waals surface area contributed by atoms with E-state index in [9.17, 15) is 9.59 Å². The molecule has 1 aromatic rings. The molecule has 0 aliphatic carbocycles. The maximum atomic E-state index is 11.9. The van der Waals surface area contributed by atoms with Crippen LogP contribution < -0.4 is 15.8 Å². The molecule has 0 saturated heterocycles. The Labute approximate surface area is 124 Å². The van der Waals surface area contributed by atoms with Gasteiger partial charge in [0.2, 0.25) is 0 Å². The molecule has 1 rings (SSSR count). The Morgan fingerprint density at radius 2 is 2.00 bits per heavy atom. The summed E-state index contributed by atoms with van der Waals surface area (Å²) >= 11 is 0. The molecule has 0 heterocycles. The van der Waals surface area contributed by atoms with E-state index < -0.39 is 12.1 Å². The van der Waals surface area contributed by atoms with Gasteiger partial charge in [-0.2, -0.15) is 0 Å². The maximum Gasteiger partial charge on any atom is 0.335 e. The molecular weight excluding hydrogens is 272 g/mol. The highest BCUT2D eigenvalue weighted by Gasteiger charge is 2.16. The van der Waals surface area contributed by atoms with E-state index in [0.29, 0.717) is 18.2 Å². The molecule has 0 aliphatic heterocycles. The number of benzene rings is 1. The number of hydrogen-bond acceptors (Lipinski definition) is 4. The van der Waals surface area contributed by atoms with Gasteiger partial charge in [-0.05, 0) is 37.5 Å². The van der Waals surface area contributed by atoms with Crippen LogP contribution in [-0.4, -0.2) is 29.6 Å². The van der Waals surface area contributed by atoms with Crippen LogP contribution in [0.2, 0.25) is 0 Å². The van der Waals surface area contributed by atoms with Gasteiger partial charge in [-0.3, -0.25) is 4.79 Å². The van der Waals surface area contributed by atoms with Crippen molar-refractivity contribution in [2.24, 2.45) is 5.92 Å². The largest absolute Gasteiger partial charge is 0.479 e. The highest BCUT2D eigenvalue weighted by atomic mass is 16.5. The molecule has 0 saturated carbocycles. The van der Waals surface area contributed by atoms with Crippen molar-refractivity contribution in [3.8, 4) is 5.75 Å². The number of aromatic carboxylic acids is 1. The lowest BCUT2D eigenvalue weighted by Crippen LogP contribution is -2.37. The molecule has 1 amide bonds. The van der Waals surface area contributed by atoms with Crippen LogP contribution in [0.25, 0.3) is 0 Å². The topological polar surface area (TPSA) is 102 Å². The first-order chi connectivity index (χ1) is 9.81. The van der Waals surface area contributed by atoms with E-state index in [-0.39, 0.29) is 17.2 Å². The van der Waals surface area contributed by atoms with E-state index >= 15 is 0 Å². The van der Waals surface area contributed by atoms with Gasteiger partial charge < -0.3 is 20.9 Å². The summed E-state index contributed by atoms with van der Waals surface area (Å²) in [6.45, 7) is 6.32. The van der Waals surface area contributed by atoms with Crippen LogP contribution in [0.5, 0.6) is 5.75 Å². The number of carbonyl (C=O) groups excluding carboxylic acids is 1. The fourth-order valence-electron chi connectivity index (χ4n) is 1.64. The molecule has 6 heteroatoms. The molecule has 0 spiro atoms. The summed E-state index contributed by atoms with van der Waals surface area (Å²) in [5.74, 6) is -0.629. The van der Waals surface area contributed by atoms with Crippen molar-refractivity contribution in [2.45, 2.75) is 33.3 Å². The van der Waals surface area contributed by atoms with E-state index in [1.54, 1.807) is 6.92 Å². The van der Waals surface area contributed by atoms with Gasteiger partial charge in [0.25, 0.3) is 5.91 Å². The van der Waals surface area contributed by atoms with Crippen LogP contribution in [0.3, 0.4) is 0 Å². The molecule has 0 bridgehead atoms. The summed E-state index contributed by atoms with van der Waals surface area (Å²) < 4.78 is 5.45. The van der Waals surface area contributed by atoms with Crippen LogP contribution in [0.4, 0.5) is 5.69 Å². The Bertz CT molecular complexity index is 514. The van der Waals surface area contributed by atoms with Crippen LogP contribution in [0, 0.1) is 5.92 Å². The molecular formula is C15H22N2O4. The van der Waals surface area contributed by atoms with Crippen molar-refractivity contribution in [3.05, 3.63) is 23.8 Å². The second kappa shape index (κ2) is 7.52. The van der Waals surface area contributed by atoms with E-state index in [1.165, 1.54) is 18.2 Å². The second-order valence-corrected chi connectivity index (χ2v) is 5.29. The monoisotopic (exact) mass is 294 g/mol. The highest BCUT2D eigenvalue weighted by Crippen LogP contribution is 2.24. The average Bonchev–Trinajstić information content (AvgIpc) is 2.40. The Hall–Kier alpha value is -2.24. The molecule has 0 radical (unpaired) electrons. The van der Waals surface area contributed by atoms with Gasteiger partial charge in [0.05, 0.1) is 11.3 Å². The molecule has 0 fully saturated rings. The van der Waals surface area contributed by atoms with Gasteiger partial charge in [0.1, 0.15) is 5.75 Å². The van der Waals surface area contributed by atoms with E-state index in [4.69, 9.17) is 15.6 Å². The number of ether oxygens (including phenoxy) is 1. The molecule has 1 aromatic carbocycles. The number of carboxylic acid groups (broad SMARTS) is 1. The number of nitrogens with one attached hydrogen (secondary N) is 1. The zero-order valence-electron chi connectivity index (χ0n) is 12.6. The summed E-state index contributed by atoms with van der Waals surface area (Å²) in [5.41, 5.74) is 6.08. The Kier molecular flexibility index (Phi) is 6.02. The molecule has 1 unspecified atom stereocenters. The van der Waals surface area contributed by atoms with Crippen LogP contribution in [0.1, 0.15) is 37.6 Å². The lowest BCUT2D eigenvalue weighted by Gasteiger charge is -2.16. The minimum Gasteiger partial charge on any atom is -0.479 e. The third-order valence-electron chi connectivity index (χ3n) is 2.95. The summed E-state index contributed by atoms with van der Waals surface area (Å²) in [7, 11) is 0. The first-order valence-corrected chi connectivity index (χ1v) is 6.88. The van der Waals surface area contributed by atoms with Gasteiger partial charge in [-0.15, -0.1) is 0 Å². The summed E-state index contributed by atoms with van der Waals surface area (Å²) in [5, 5.41) is 11.7. The standard InChI is InChI=1S/C15H22N2O4/c1-9(2)6-7-17-14(18)10(3)21-13-8-11(15(19)20)4-5-12(13)16/h4-5,8-10H,6-7,16H2,1-3H3,(H,17,18)(H,19,20). The SMILES string of the molecule is CC(C)CCNC(=O)C(C)Oc1cc(C(=O)O)ccc1N. The normalized spacial score (nSPS) is 12.0. The molecule has 6 nitrogen and oxygen atoms in total. The van der Waals surface area contributed by atoms with Crippen LogP contribution in [-0.2, 0) is 4.79 Å². The number of nitrogens with two attached hydrogens (primary N) is 1. The van der Waals surface area contributed by atoms with Crippen molar-refractivity contribution in [1.82, 2.24) is 5.32 Å². The minimum absolute atomic E-state index is 0.0617. The Morgan fingerprint density at radius 3 is 2.57 bits per heavy atom. The van der Waals surface area contributed by atoms with Gasteiger partial charge in [-0.25, -0.2) is 4.79 Å². The Morgan fingerprint density at radius 1 is 1.33 bits per heavy atom. The molecule has 0 aromatic heterocycles. The molecule has 1 atom stereocenters. The van der Waals surface area contributed by atoms with Crippen LogP contribution >= 0.6 is 0 Å². The summed E-state index contributed by atoms with van der Waals surface area (Å²) in [4.78, 5) is 22.8. The van der Waals surface area contributed by atoms with Crippen LogP contribution in [0.15, 0.2) is 18.2 Å². The molecule has 116 valence electrons. The molecule has 4 N–H and O–H groups in total. The maximum absolute atomic E-state index is 11.9. The van der Waals surface area contributed by atoms with E-state index in [2.05, 4.69) is 19.2 Å². The third-order valence-corrected chi connectivity index (χ3v) is 2.95. The lowest BCUT2D eigenvalue weighted by atomic mass is 10.1. The van der Waals surface area contributed by atoms with E-state index in [1.807, 2.05) is 0 Å². The number of hydrogen-bond donors (Lipinski definition) is 3. The zero-order chi connectivity index (χ0) is 16.0. The van der Waals surface area contributed by atoms with Crippen molar-refractivity contribution >= 4 is 17.6 Å². The van der Waals surface area contributed by atoms with Crippen molar-refractivity contribution < 1.29 is 19.4 Å². The fourth-order valence-corrected chi connectivity index (χ4v) is 1.64. The molecule has 0 aliphatic rings. The number of anilines is 1. The number of carboxylic acids is 1. The van der Waals surface area contributed by atoms with Gasteiger partial charge in [-0.1, -0.05) is 13.8 Å². The number of rotatable bonds is 7. The third kappa shape index (κ3) is 5.33. The highest BCUT2D eigenvalue weighted by molar-refractivity contribution is 5.89. The minimum atomic E-state index is -1.08. The van der Waals surface area contributed by atoms with Gasteiger partial charge >= 0.3 is 5.97 Å². The number of nitrogen functional groups attached to an aromatic ring is 1. The summed E-state index contributed by atoms with van der Waals surface area (Å²) in [6, 6.07) is 4.15. The van der Waals surface area contributed by atoms with Crippen molar-refractivity contribution in [3.63, 3.8) is 0 Å². The Balaban J connectivity index is 2.65. The quantitative estimate of drug-likeness (QED) is 0.667.